The highest BCUT2D eigenvalue weighted by Crippen LogP contribution is 2.60. The lowest BCUT2D eigenvalue weighted by Crippen LogP contribution is -2.84. The Balaban J connectivity index is 1.10. The van der Waals surface area contributed by atoms with Gasteiger partial charge in [-0.25, -0.2) is 4.39 Å². The zero-order valence-electron chi connectivity index (χ0n) is 16.5. The van der Waals surface area contributed by atoms with E-state index in [4.69, 9.17) is 16.3 Å². The fourth-order valence-electron chi connectivity index (χ4n) is 4.69. The van der Waals surface area contributed by atoms with Crippen molar-refractivity contribution in [2.45, 2.75) is 49.1 Å². The molecule has 0 unspecified atom stereocenters. The second-order valence-corrected chi connectivity index (χ2v) is 9.22. The highest BCUT2D eigenvalue weighted by Gasteiger charge is 2.69. The van der Waals surface area contributed by atoms with Crippen LogP contribution in [0.1, 0.15) is 54.2 Å². The molecule has 2 amide bonds. The van der Waals surface area contributed by atoms with Gasteiger partial charge in [0, 0.05) is 30.1 Å². The van der Waals surface area contributed by atoms with Crippen molar-refractivity contribution in [3.8, 4) is 5.75 Å². The van der Waals surface area contributed by atoms with E-state index in [1.807, 2.05) is 6.07 Å². The number of halogens is 2. The van der Waals surface area contributed by atoms with E-state index in [0.717, 1.165) is 24.6 Å². The summed E-state index contributed by atoms with van der Waals surface area (Å²) >= 11 is 5.63. The molecule has 2 bridgehead atoms. The van der Waals surface area contributed by atoms with Gasteiger partial charge in [-0.05, 0) is 50.3 Å². The number of aryl methyl sites for hydroxylation is 1. The molecule has 2 aromatic rings. The smallest absolute Gasteiger partial charge is 0.269 e. The first kappa shape index (κ1) is 19.4. The quantitative estimate of drug-likeness (QED) is 0.704. The molecule has 2 N–H and O–H groups in total. The second-order valence-electron chi connectivity index (χ2n) is 8.81. The summed E-state index contributed by atoms with van der Waals surface area (Å²) in [6.45, 7) is -0.207. The van der Waals surface area contributed by atoms with Crippen LogP contribution in [0.25, 0.3) is 0 Å². The lowest BCUT2D eigenvalue weighted by molar-refractivity contribution is -0.141. The second kappa shape index (κ2) is 6.70. The SMILES string of the molecule is Cn1nc(C2CC2)cc1C(=O)NC12CC(NC(=O)COc3ccc(Cl)c(F)c3)(C1)C2. The van der Waals surface area contributed by atoms with Crippen LogP contribution >= 0.6 is 11.6 Å². The molecule has 158 valence electrons. The van der Waals surface area contributed by atoms with E-state index in [9.17, 15) is 14.0 Å². The van der Waals surface area contributed by atoms with Gasteiger partial charge >= 0.3 is 0 Å². The van der Waals surface area contributed by atoms with Gasteiger partial charge < -0.3 is 15.4 Å². The first-order chi connectivity index (χ1) is 14.3. The Kier molecular flexibility index (Phi) is 4.32. The van der Waals surface area contributed by atoms with Crippen LogP contribution in [0.15, 0.2) is 24.3 Å². The molecule has 0 saturated heterocycles. The van der Waals surface area contributed by atoms with E-state index in [-0.39, 0.29) is 40.3 Å². The van der Waals surface area contributed by atoms with Gasteiger partial charge in [-0.2, -0.15) is 5.10 Å². The molecule has 7 nitrogen and oxygen atoms in total. The minimum Gasteiger partial charge on any atom is -0.484 e. The van der Waals surface area contributed by atoms with Crippen LogP contribution in [0.5, 0.6) is 5.75 Å². The molecule has 6 rings (SSSR count). The van der Waals surface area contributed by atoms with Crippen molar-refractivity contribution in [1.82, 2.24) is 20.4 Å². The van der Waals surface area contributed by atoms with Crippen molar-refractivity contribution in [1.29, 1.82) is 0 Å². The van der Waals surface area contributed by atoms with E-state index in [1.54, 1.807) is 11.7 Å². The molecular weight excluding hydrogens is 411 g/mol. The molecule has 0 spiro atoms. The number of amides is 2. The van der Waals surface area contributed by atoms with Gasteiger partial charge in [0.05, 0.1) is 10.7 Å². The van der Waals surface area contributed by atoms with Crippen LogP contribution in [-0.4, -0.2) is 39.3 Å². The van der Waals surface area contributed by atoms with Crippen molar-refractivity contribution in [3.05, 3.63) is 46.5 Å². The number of nitrogens with zero attached hydrogens (tertiary/aromatic N) is 2. The molecule has 1 heterocycles. The number of hydrogen-bond donors (Lipinski definition) is 2. The summed E-state index contributed by atoms with van der Waals surface area (Å²) in [4.78, 5) is 24.9. The fourth-order valence-corrected chi connectivity index (χ4v) is 4.80. The van der Waals surface area contributed by atoms with E-state index < -0.39 is 5.82 Å². The van der Waals surface area contributed by atoms with Crippen LogP contribution in [-0.2, 0) is 11.8 Å². The van der Waals surface area contributed by atoms with Gasteiger partial charge in [-0.1, -0.05) is 11.6 Å². The van der Waals surface area contributed by atoms with Gasteiger partial charge in [0.2, 0.25) is 0 Å². The monoisotopic (exact) mass is 432 g/mol. The third kappa shape index (κ3) is 3.43. The molecule has 0 aliphatic heterocycles. The van der Waals surface area contributed by atoms with Gasteiger partial charge in [-0.3, -0.25) is 14.3 Å². The molecule has 1 aromatic carbocycles. The normalized spacial score (nSPS) is 26.4. The summed E-state index contributed by atoms with van der Waals surface area (Å²) in [6, 6.07) is 5.92. The first-order valence-electron chi connectivity index (χ1n) is 10.0. The number of aromatic nitrogens is 2. The summed E-state index contributed by atoms with van der Waals surface area (Å²) in [6.07, 6.45) is 4.36. The van der Waals surface area contributed by atoms with Gasteiger partial charge in [0.1, 0.15) is 17.3 Å². The van der Waals surface area contributed by atoms with Crippen molar-refractivity contribution >= 4 is 23.4 Å². The summed E-state index contributed by atoms with van der Waals surface area (Å²) < 4.78 is 20.4. The van der Waals surface area contributed by atoms with E-state index in [0.29, 0.717) is 30.9 Å². The topological polar surface area (TPSA) is 85.3 Å². The molecular formula is C21H22ClFN4O3. The number of benzene rings is 1. The number of ether oxygens (including phenoxy) is 1. The lowest BCUT2D eigenvalue weighted by atomic mass is 9.44. The van der Waals surface area contributed by atoms with Crippen LogP contribution in [0, 0.1) is 5.82 Å². The van der Waals surface area contributed by atoms with Crippen LogP contribution in [0.2, 0.25) is 5.02 Å². The predicted molar refractivity (Wildman–Crippen MR) is 107 cm³/mol. The van der Waals surface area contributed by atoms with Crippen LogP contribution in [0.4, 0.5) is 4.39 Å². The largest absolute Gasteiger partial charge is 0.484 e. The van der Waals surface area contributed by atoms with Crippen molar-refractivity contribution in [2.24, 2.45) is 7.05 Å². The minimum absolute atomic E-state index is 0.00269. The third-order valence-electron chi connectivity index (χ3n) is 6.20. The minimum atomic E-state index is -0.593. The number of rotatable bonds is 7. The maximum absolute atomic E-state index is 13.4. The van der Waals surface area contributed by atoms with E-state index in [2.05, 4.69) is 15.7 Å². The molecule has 1 aromatic heterocycles. The van der Waals surface area contributed by atoms with E-state index >= 15 is 0 Å². The molecule has 0 radical (unpaired) electrons. The Morgan fingerprint density at radius 1 is 1.23 bits per heavy atom. The predicted octanol–water partition coefficient (Wildman–Crippen LogP) is 2.69. The van der Waals surface area contributed by atoms with Gasteiger partial charge in [0.15, 0.2) is 6.61 Å². The zero-order valence-corrected chi connectivity index (χ0v) is 17.3. The first-order valence-corrected chi connectivity index (χ1v) is 10.4. The molecule has 4 aliphatic rings. The van der Waals surface area contributed by atoms with Crippen LogP contribution in [0.3, 0.4) is 0 Å². The highest BCUT2D eigenvalue weighted by molar-refractivity contribution is 6.30. The average Bonchev–Trinajstić information content (AvgIpc) is 3.42. The maximum atomic E-state index is 13.4. The van der Waals surface area contributed by atoms with Gasteiger partial charge in [-0.15, -0.1) is 0 Å². The Morgan fingerprint density at radius 2 is 1.93 bits per heavy atom. The number of hydrogen-bond acceptors (Lipinski definition) is 4. The van der Waals surface area contributed by atoms with Crippen molar-refractivity contribution in [3.63, 3.8) is 0 Å². The third-order valence-corrected chi connectivity index (χ3v) is 6.51. The summed E-state index contributed by atoms with van der Waals surface area (Å²) in [5.74, 6) is -0.243. The Bertz CT molecular complexity index is 1030. The van der Waals surface area contributed by atoms with Crippen LogP contribution < -0.4 is 15.4 Å². The molecule has 9 heteroatoms. The van der Waals surface area contributed by atoms with E-state index in [1.165, 1.54) is 12.1 Å². The number of nitrogens with one attached hydrogen (secondary N) is 2. The summed E-state index contributed by atoms with van der Waals surface area (Å²) in [5, 5.41) is 10.5. The molecule has 4 saturated carbocycles. The van der Waals surface area contributed by atoms with Crippen molar-refractivity contribution in [2.75, 3.05) is 6.61 Å². The molecule has 4 fully saturated rings. The Morgan fingerprint density at radius 3 is 2.60 bits per heavy atom. The fraction of sp³-hybridized carbons (Fsp3) is 0.476. The molecule has 4 aliphatic carbocycles. The summed E-state index contributed by atoms with van der Waals surface area (Å²) in [5.41, 5.74) is 1.02. The lowest BCUT2D eigenvalue weighted by Gasteiger charge is -2.70. The number of carbonyl (C=O) groups excluding carboxylic acids is 2. The zero-order chi connectivity index (χ0) is 21.1. The molecule has 30 heavy (non-hydrogen) atoms. The van der Waals surface area contributed by atoms with Gasteiger partial charge in [0.25, 0.3) is 11.8 Å². The number of carbonyl (C=O) groups is 2. The van der Waals surface area contributed by atoms with Crippen molar-refractivity contribution < 1.29 is 18.7 Å². The highest BCUT2D eigenvalue weighted by atomic mass is 35.5. The Labute approximate surface area is 177 Å². The molecule has 0 atom stereocenters. The Hall–Kier alpha value is -2.61. The maximum Gasteiger partial charge on any atom is 0.269 e. The standard InChI is InChI=1S/C21H22ClFN4O3/c1-27-17(7-16(26-27)12-2-3-12)19(29)25-21-9-20(10-21,11-21)24-18(28)8-30-13-4-5-14(22)15(23)6-13/h4-7,12H,2-3,8-11H2,1H3,(H,24,28)(H,25,29). The average molecular weight is 433 g/mol. The summed E-state index contributed by atoms with van der Waals surface area (Å²) in [7, 11) is 1.79.